The Balaban J connectivity index is 1.92. The molecular weight excluding hydrogens is 270 g/mol. The highest BCUT2D eigenvalue weighted by atomic mass is 79.9. The summed E-state index contributed by atoms with van der Waals surface area (Å²) in [5.74, 6) is 0.676. The molecule has 6 heteroatoms. The summed E-state index contributed by atoms with van der Waals surface area (Å²) in [6.45, 7) is 2.78. The molecule has 5 nitrogen and oxygen atoms in total. The molecule has 2 rings (SSSR count). The van der Waals surface area contributed by atoms with Crippen LogP contribution < -0.4 is 5.32 Å². The number of aromatic nitrogens is 4. The summed E-state index contributed by atoms with van der Waals surface area (Å²) in [6, 6.07) is 8.25. The van der Waals surface area contributed by atoms with Gasteiger partial charge in [0.25, 0.3) is 0 Å². The fraction of sp³-hybridized carbons (Fsp3) is 0.300. The molecule has 0 bridgehead atoms. The number of nitrogens with zero attached hydrogens (tertiary/aromatic N) is 3. The van der Waals surface area contributed by atoms with Crippen LogP contribution in [0.1, 0.15) is 24.4 Å². The Bertz CT molecular complexity index is 442. The first kappa shape index (κ1) is 11.2. The van der Waals surface area contributed by atoms with E-state index in [9.17, 15) is 0 Å². The fourth-order valence-corrected chi connectivity index (χ4v) is 1.81. The van der Waals surface area contributed by atoms with E-state index < -0.39 is 0 Å². The third-order valence-electron chi connectivity index (χ3n) is 2.25. The number of nitrogens with one attached hydrogen (secondary N) is 2. The molecule has 0 aliphatic rings. The van der Waals surface area contributed by atoms with Gasteiger partial charge in [-0.15, -0.1) is 10.2 Å². The predicted molar refractivity (Wildman–Crippen MR) is 63.6 cm³/mol. The van der Waals surface area contributed by atoms with Crippen LogP contribution in [0.3, 0.4) is 0 Å². The monoisotopic (exact) mass is 281 g/mol. The average Bonchev–Trinajstić information content (AvgIpc) is 2.79. The summed E-state index contributed by atoms with van der Waals surface area (Å²) in [6.07, 6.45) is 0. The van der Waals surface area contributed by atoms with Crippen molar-refractivity contribution in [1.29, 1.82) is 0 Å². The molecule has 1 heterocycles. The summed E-state index contributed by atoms with van der Waals surface area (Å²) in [5, 5.41) is 17.1. The lowest BCUT2D eigenvalue weighted by atomic mass is 10.2. The van der Waals surface area contributed by atoms with Crippen molar-refractivity contribution in [3.63, 3.8) is 0 Å². The van der Waals surface area contributed by atoms with E-state index in [4.69, 9.17) is 0 Å². The van der Waals surface area contributed by atoms with Gasteiger partial charge in [-0.25, -0.2) is 0 Å². The van der Waals surface area contributed by atoms with E-state index >= 15 is 0 Å². The summed E-state index contributed by atoms with van der Waals surface area (Å²) in [7, 11) is 0. The van der Waals surface area contributed by atoms with Gasteiger partial charge in [-0.05, 0) is 24.6 Å². The Hall–Kier alpha value is -1.27. The van der Waals surface area contributed by atoms with Crippen molar-refractivity contribution in [2.75, 3.05) is 0 Å². The van der Waals surface area contributed by atoms with Gasteiger partial charge in [0.05, 0.1) is 6.04 Å². The smallest absolute Gasteiger partial charge is 0.191 e. The molecule has 16 heavy (non-hydrogen) atoms. The SMILES string of the molecule is CC(NCc1cccc(Br)c1)c1nn[nH]n1. The molecule has 2 aromatic rings. The summed E-state index contributed by atoms with van der Waals surface area (Å²) in [5.41, 5.74) is 1.21. The van der Waals surface area contributed by atoms with Crippen molar-refractivity contribution in [1.82, 2.24) is 25.9 Å². The van der Waals surface area contributed by atoms with Crippen molar-refractivity contribution in [2.24, 2.45) is 0 Å². The van der Waals surface area contributed by atoms with E-state index in [0.29, 0.717) is 5.82 Å². The van der Waals surface area contributed by atoms with Crippen LogP contribution in [0.4, 0.5) is 0 Å². The maximum absolute atomic E-state index is 3.93. The molecular formula is C10H12BrN5. The Labute approximate surface area is 102 Å². The molecule has 0 fully saturated rings. The Kier molecular flexibility index (Phi) is 3.63. The quantitative estimate of drug-likeness (QED) is 0.897. The van der Waals surface area contributed by atoms with Crippen LogP contribution in [0.25, 0.3) is 0 Å². The van der Waals surface area contributed by atoms with Crippen LogP contribution in [-0.2, 0) is 6.54 Å². The van der Waals surface area contributed by atoms with Crippen molar-refractivity contribution in [2.45, 2.75) is 19.5 Å². The van der Waals surface area contributed by atoms with E-state index in [1.54, 1.807) is 0 Å². The third-order valence-corrected chi connectivity index (χ3v) is 2.74. The molecule has 0 radical (unpaired) electrons. The van der Waals surface area contributed by atoms with E-state index in [-0.39, 0.29) is 6.04 Å². The van der Waals surface area contributed by atoms with Crippen LogP contribution in [0.15, 0.2) is 28.7 Å². The molecule has 1 aromatic heterocycles. The number of H-pyrrole nitrogens is 1. The molecule has 1 unspecified atom stereocenters. The van der Waals surface area contributed by atoms with Gasteiger partial charge in [-0.3, -0.25) is 0 Å². The number of hydrogen-bond acceptors (Lipinski definition) is 4. The first-order valence-electron chi connectivity index (χ1n) is 4.97. The number of halogens is 1. The first-order valence-corrected chi connectivity index (χ1v) is 5.76. The minimum Gasteiger partial charge on any atom is -0.303 e. The Morgan fingerprint density at radius 3 is 3.06 bits per heavy atom. The number of aromatic amines is 1. The molecule has 1 aromatic carbocycles. The highest BCUT2D eigenvalue weighted by Gasteiger charge is 2.08. The lowest BCUT2D eigenvalue weighted by molar-refractivity contribution is 0.546. The number of rotatable bonds is 4. The van der Waals surface area contributed by atoms with Crippen molar-refractivity contribution >= 4 is 15.9 Å². The van der Waals surface area contributed by atoms with Gasteiger partial charge in [0.1, 0.15) is 0 Å². The summed E-state index contributed by atoms with van der Waals surface area (Å²) in [4.78, 5) is 0. The zero-order valence-corrected chi connectivity index (χ0v) is 10.4. The molecule has 0 spiro atoms. The van der Waals surface area contributed by atoms with E-state index in [1.165, 1.54) is 5.56 Å². The van der Waals surface area contributed by atoms with Crippen molar-refractivity contribution < 1.29 is 0 Å². The minimum atomic E-state index is 0.0812. The maximum Gasteiger partial charge on any atom is 0.191 e. The molecule has 0 aliphatic heterocycles. The predicted octanol–water partition coefficient (Wildman–Crippen LogP) is 1.81. The molecule has 0 amide bonds. The van der Waals surface area contributed by atoms with Crippen LogP contribution in [0.5, 0.6) is 0 Å². The first-order chi connectivity index (χ1) is 7.75. The second-order valence-corrected chi connectivity index (χ2v) is 4.42. The molecule has 0 saturated carbocycles. The molecule has 0 saturated heterocycles. The number of hydrogen-bond donors (Lipinski definition) is 2. The standard InChI is InChI=1S/C10H12BrN5/c1-7(10-13-15-16-14-10)12-6-8-3-2-4-9(11)5-8/h2-5,7,12H,6H2,1H3,(H,13,14,15,16). The lowest BCUT2D eigenvalue weighted by Crippen LogP contribution is -2.19. The zero-order chi connectivity index (χ0) is 11.4. The Morgan fingerprint density at radius 1 is 1.50 bits per heavy atom. The lowest BCUT2D eigenvalue weighted by Gasteiger charge is -2.09. The molecule has 0 aliphatic carbocycles. The normalized spacial score (nSPS) is 12.6. The fourth-order valence-electron chi connectivity index (χ4n) is 1.36. The van der Waals surface area contributed by atoms with Crippen molar-refractivity contribution in [3.05, 3.63) is 40.1 Å². The average molecular weight is 282 g/mol. The second-order valence-electron chi connectivity index (χ2n) is 3.50. The number of benzene rings is 1. The van der Waals surface area contributed by atoms with E-state index in [2.05, 4.69) is 54.0 Å². The zero-order valence-electron chi connectivity index (χ0n) is 8.81. The van der Waals surface area contributed by atoms with Gasteiger partial charge in [0, 0.05) is 11.0 Å². The second kappa shape index (κ2) is 5.18. The third kappa shape index (κ3) is 2.86. The molecule has 84 valence electrons. The maximum atomic E-state index is 3.93. The van der Waals surface area contributed by atoms with Gasteiger partial charge in [-0.2, -0.15) is 5.21 Å². The van der Waals surface area contributed by atoms with Crippen LogP contribution in [0.2, 0.25) is 0 Å². The van der Waals surface area contributed by atoms with Gasteiger partial charge in [0.2, 0.25) is 0 Å². The minimum absolute atomic E-state index is 0.0812. The topological polar surface area (TPSA) is 66.5 Å². The van der Waals surface area contributed by atoms with Crippen LogP contribution >= 0.6 is 15.9 Å². The van der Waals surface area contributed by atoms with Gasteiger partial charge < -0.3 is 5.32 Å². The van der Waals surface area contributed by atoms with Crippen LogP contribution in [0, 0.1) is 0 Å². The molecule has 1 atom stereocenters. The van der Waals surface area contributed by atoms with Gasteiger partial charge >= 0.3 is 0 Å². The van der Waals surface area contributed by atoms with Crippen molar-refractivity contribution in [3.8, 4) is 0 Å². The van der Waals surface area contributed by atoms with E-state index in [0.717, 1.165) is 11.0 Å². The number of tetrazole rings is 1. The van der Waals surface area contributed by atoms with Crippen LogP contribution in [-0.4, -0.2) is 20.6 Å². The Morgan fingerprint density at radius 2 is 2.38 bits per heavy atom. The highest BCUT2D eigenvalue weighted by molar-refractivity contribution is 9.10. The van der Waals surface area contributed by atoms with Gasteiger partial charge in [0.15, 0.2) is 5.82 Å². The van der Waals surface area contributed by atoms with E-state index in [1.807, 2.05) is 19.1 Å². The largest absolute Gasteiger partial charge is 0.303 e. The van der Waals surface area contributed by atoms with Gasteiger partial charge in [-0.1, -0.05) is 33.3 Å². The highest BCUT2D eigenvalue weighted by Crippen LogP contribution is 2.12. The summed E-state index contributed by atoms with van der Waals surface area (Å²) < 4.78 is 1.08. The summed E-state index contributed by atoms with van der Waals surface area (Å²) >= 11 is 3.44. The molecule has 2 N–H and O–H groups in total.